The molecule has 0 spiro atoms. The van der Waals surface area contributed by atoms with Crippen molar-refractivity contribution in [1.82, 2.24) is 9.78 Å². The Bertz CT molecular complexity index is 703. The third-order valence-electron chi connectivity index (χ3n) is 2.60. The van der Waals surface area contributed by atoms with Crippen LogP contribution in [0.25, 0.3) is 0 Å². The first-order valence-electron chi connectivity index (χ1n) is 5.63. The van der Waals surface area contributed by atoms with Gasteiger partial charge in [-0.15, -0.1) is 0 Å². The number of anilines is 1. The number of nitrogens with one attached hydrogen (secondary N) is 1. The lowest BCUT2D eigenvalue weighted by Gasteiger charge is -2.05. The van der Waals surface area contributed by atoms with Gasteiger partial charge in [-0.25, -0.2) is 4.39 Å². The van der Waals surface area contributed by atoms with Gasteiger partial charge >= 0.3 is 0 Å². The van der Waals surface area contributed by atoms with Crippen molar-refractivity contribution < 1.29 is 13.9 Å². The lowest BCUT2D eigenvalue weighted by molar-refractivity contribution is 0.102. The molecule has 0 aliphatic carbocycles. The van der Waals surface area contributed by atoms with E-state index in [0.29, 0.717) is 5.75 Å². The van der Waals surface area contributed by atoms with Crippen molar-refractivity contribution in [1.29, 1.82) is 5.26 Å². The van der Waals surface area contributed by atoms with Gasteiger partial charge in [0.15, 0.2) is 5.82 Å². The Labute approximate surface area is 114 Å². The zero-order chi connectivity index (χ0) is 14.7. The summed E-state index contributed by atoms with van der Waals surface area (Å²) in [6, 6.07) is 5.78. The van der Waals surface area contributed by atoms with Crippen LogP contribution in [0.4, 0.5) is 10.2 Å². The standard InChI is InChI=1S/C13H11FN4O2/c1-18-7-8(6-15)12(17-18)16-13(19)10-4-3-9(20-2)5-11(10)14/h3-5,7H,1-2H3,(H,16,17,19). The third kappa shape index (κ3) is 2.59. The first-order chi connectivity index (χ1) is 9.55. The molecule has 6 nitrogen and oxygen atoms in total. The molecule has 1 heterocycles. The molecule has 0 unspecified atom stereocenters. The van der Waals surface area contributed by atoms with Crippen molar-refractivity contribution in [2.75, 3.05) is 12.4 Å². The number of hydrogen-bond donors (Lipinski definition) is 1. The summed E-state index contributed by atoms with van der Waals surface area (Å²) in [4.78, 5) is 12.0. The normalized spacial score (nSPS) is 9.90. The predicted molar refractivity (Wildman–Crippen MR) is 68.8 cm³/mol. The largest absolute Gasteiger partial charge is 0.497 e. The van der Waals surface area contributed by atoms with E-state index in [1.54, 1.807) is 7.05 Å². The molecule has 102 valence electrons. The summed E-state index contributed by atoms with van der Waals surface area (Å²) in [6.07, 6.45) is 1.46. The van der Waals surface area contributed by atoms with Crippen molar-refractivity contribution in [3.8, 4) is 11.8 Å². The van der Waals surface area contributed by atoms with E-state index in [4.69, 9.17) is 10.00 Å². The fourth-order valence-corrected chi connectivity index (χ4v) is 1.64. The summed E-state index contributed by atoms with van der Waals surface area (Å²) >= 11 is 0. The number of nitriles is 1. The van der Waals surface area contributed by atoms with E-state index < -0.39 is 11.7 Å². The minimum absolute atomic E-state index is 0.0928. The molecule has 0 fully saturated rings. The number of nitrogens with zero attached hydrogens (tertiary/aromatic N) is 3. The molecule has 2 aromatic rings. The molecule has 0 saturated carbocycles. The van der Waals surface area contributed by atoms with E-state index in [2.05, 4.69) is 10.4 Å². The number of benzene rings is 1. The number of rotatable bonds is 3. The number of aromatic nitrogens is 2. The quantitative estimate of drug-likeness (QED) is 0.923. The smallest absolute Gasteiger partial charge is 0.259 e. The van der Waals surface area contributed by atoms with Crippen LogP contribution in [0.5, 0.6) is 5.75 Å². The van der Waals surface area contributed by atoms with Crippen LogP contribution in [-0.2, 0) is 7.05 Å². The second kappa shape index (κ2) is 5.40. The minimum atomic E-state index is -0.712. The van der Waals surface area contributed by atoms with E-state index in [9.17, 15) is 9.18 Å². The molecule has 1 N–H and O–H groups in total. The number of halogens is 1. The molecular weight excluding hydrogens is 263 g/mol. The second-order valence-electron chi connectivity index (χ2n) is 3.98. The van der Waals surface area contributed by atoms with E-state index in [0.717, 1.165) is 6.07 Å². The highest BCUT2D eigenvalue weighted by atomic mass is 19.1. The number of ether oxygens (including phenoxy) is 1. The molecule has 0 atom stereocenters. The van der Waals surface area contributed by atoms with E-state index in [1.165, 1.54) is 30.1 Å². The topological polar surface area (TPSA) is 79.9 Å². The molecule has 0 bridgehead atoms. The Morgan fingerprint density at radius 1 is 1.55 bits per heavy atom. The molecule has 20 heavy (non-hydrogen) atoms. The van der Waals surface area contributed by atoms with Crippen LogP contribution in [0.2, 0.25) is 0 Å². The maximum atomic E-state index is 13.7. The lowest BCUT2D eigenvalue weighted by Crippen LogP contribution is -2.15. The van der Waals surface area contributed by atoms with Gasteiger partial charge in [-0.2, -0.15) is 10.4 Å². The predicted octanol–water partition coefficient (Wildman–Crippen LogP) is 1.69. The van der Waals surface area contributed by atoms with Crippen LogP contribution in [0, 0.1) is 17.1 Å². The number of amides is 1. The Balaban J connectivity index is 2.26. The van der Waals surface area contributed by atoms with Crippen LogP contribution in [0.1, 0.15) is 15.9 Å². The number of carbonyl (C=O) groups is 1. The van der Waals surface area contributed by atoms with Crippen molar-refractivity contribution in [2.24, 2.45) is 7.05 Å². The summed E-state index contributed by atoms with van der Waals surface area (Å²) in [7, 11) is 3.02. The maximum absolute atomic E-state index is 13.7. The molecule has 1 aromatic heterocycles. The molecule has 0 radical (unpaired) electrons. The van der Waals surface area contributed by atoms with Gasteiger partial charge < -0.3 is 10.1 Å². The second-order valence-corrected chi connectivity index (χ2v) is 3.98. The van der Waals surface area contributed by atoms with Gasteiger partial charge in [0.25, 0.3) is 5.91 Å². The van der Waals surface area contributed by atoms with Crippen LogP contribution >= 0.6 is 0 Å². The van der Waals surface area contributed by atoms with Crippen molar-refractivity contribution >= 4 is 11.7 Å². The maximum Gasteiger partial charge on any atom is 0.259 e. The minimum Gasteiger partial charge on any atom is -0.497 e. The van der Waals surface area contributed by atoms with Crippen molar-refractivity contribution in [3.05, 3.63) is 41.3 Å². The molecule has 1 amide bonds. The third-order valence-corrected chi connectivity index (χ3v) is 2.60. The highest BCUT2D eigenvalue weighted by Crippen LogP contribution is 2.18. The van der Waals surface area contributed by atoms with Crippen molar-refractivity contribution in [3.63, 3.8) is 0 Å². The van der Waals surface area contributed by atoms with Crippen LogP contribution < -0.4 is 10.1 Å². The summed E-state index contributed by atoms with van der Waals surface area (Å²) in [5.74, 6) is -0.985. The first kappa shape index (κ1) is 13.5. The lowest BCUT2D eigenvalue weighted by atomic mass is 10.2. The first-order valence-corrected chi connectivity index (χ1v) is 5.63. The fraction of sp³-hybridized carbons (Fsp3) is 0.154. The van der Waals surface area contributed by atoms with Gasteiger partial charge in [0.05, 0.1) is 12.7 Å². The van der Waals surface area contributed by atoms with E-state index >= 15 is 0 Å². The Morgan fingerprint density at radius 2 is 2.30 bits per heavy atom. The average Bonchev–Trinajstić information content (AvgIpc) is 2.78. The van der Waals surface area contributed by atoms with Crippen LogP contribution in [0.3, 0.4) is 0 Å². The summed E-state index contributed by atoms with van der Waals surface area (Å²) in [6.45, 7) is 0. The summed E-state index contributed by atoms with van der Waals surface area (Å²) < 4.78 is 20.0. The number of aryl methyl sites for hydroxylation is 1. The monoisotopic (exact) mass is 274 g/mol. The average molecular weight is 274 g/mol. The zero-order valence-corrected chi connectivity index (χ0v) is 10.8. The number of carbonyl (C=O) groups excluding carboxylic acids is 1. The van der Waals surface area contributed by atoms with Crippen molar-refractivity contribution in [2.45, 2.75) is 0 Å². The molecule has 0 saturated heterocycles. The molecule has 0 aliphatic rings. The van der Waals surface area contributed by atoms with Gasteiger partial charge in [-0.1, -0.05) is 0 Å². The molecule has 1 aromatic carbocycles. The van der Waals surface area contributed by atoms with Gasteiger partial charge in [-0.3, -0.25) is 9.48 Å². The Hall–Kier alpha value is -2.88. The summed E-state index contributed by atoms with van der Waals surface area (Å²) in [5.41, 5.74) is 0.0510. The van der Waals surface area contributed by atoms with E-state index in [1.807, 2.05) is 6.07 Å². The van der Waals surface area contributed by atoms with Crippen LogP contribution in [-0.4, -0.2) is 22.8 Å². The Kier molecular flexibility index (Phi) is 3.66. The fourth-order valence-electron chi connectivity index (χ4n) is 1.64. The highest BCUT2D eigenvalue weighted by Gasteiger charge is 2.16. The summed E-state index contributed by atoms with van der Waals surface area (Å²) in [5, 5.41) is 15.2. The molecule has 0 aliphatic heterocycles. The molecule has 7 heteroatoms. The van der Waals surface area contributed by atoms with E-state index in [-0.39, 0.29) is 16.9 Å². The highest BCUT2D eigenvalue weighted by molar-refractivity contribution is 6.04. The van der Waals surface area contributed by atoms with Gasteiger partial charge in [0.1, 0.15) is 23.2 Å². The number of methoxy groups -OCH3 is 1. The molecular formula is C13H11FN4O2. The van der Waals surface area contributed by atoms with Gasteiger partial charge in [-0.05, 0) is 12.1 Å². The van der Waals surface area contributed by atoms with Gasteiger partial charge in [0, 0.05) is 19.3 Å². The molecule has 2 rings (SSSR count). The van der Waals surface area contributed by atoms with Crippen LogP contribution in [0.15, 0.2) is 24.4 Å². The zero-order valence-electron chi connectivity index (χ0n) is 10.8. The SMILES string of the molecule is COc1ccc(C(=O)Nc2nn(C)cc2C#N)c(F)c1. The number of hydrogen-bond acceptors (Lipinski definition) is 4. The van der Waals surface area contributed by atoms with Gasteiger partial charge in [0.2, 0.25) is 0 Å². The Morgan fingerprint density at radius 3 is 2.90 bits per heavy atom.